The van der Waals surface area contributed by atoms with Gasteiger partial charge in [-0.25, -0.2) is 9.88 Å². The second-order valence-corrected chi connectivity index (χ2v) is 9.25. The third kappa shape index (κ3) is 2.41. The number of anilines is 1. The van der Waals surface area contributed by atoms with Crippen molar-refractivity contribution in [3.63, 3.8) is 0 Å². The highest BCUT2D eigenvalue weighted by atomic mass is 32.1. The van der Waals surface area contributed by atoms with E-state index in [9.17, 15) is 27.9 Å². The first-order chi connectivity index (χ1) is 14.0. The lowest BCUT2D eigenvalue weighted by molar-refractivity contribution is -0.137. The lowest BCUT2D eigenvalue weighted by atomic mass is 9.67. The summed E-state index contributed by atoms with van der Waals surface area (Å²) in [4.78, 5) is 31.1. The molecular formula is C20H17F3N2O4S. The van der Waals surface area contributed by atoms with Crippen LogP contribution < -0.4 is 4.90 Å². The molecule has 2 bridgehead atoms. The number of fused-ring (bicyclic) bond motifs is 5. The first-order valence-corrected chi connectivity index (χ1v) is 10.2. The van der Waals surface area contributed by atoms with Crippen molar-refractivity contribution in [2.75, 3.05) is 4.90 Å². The first kappa shape index (κ1) is 19.7. The highest BCUT2D eigenvalue weighted by Crippen LogP contribution is 2.61. The standard InChI is InChI=1S/C20H17F3N2O4S/c1-18-8-12(26)19(2,29-18)14-13(18)16(27)25(17(14)28)9-3-4-10(15-24-5-6-30-15)11(7-9)20(21,22)23/h3-7,12-14,26H,8H2,1-2H3/t12-,13+,14-,18?,19+/m0/s1. The van der Waals surface area contributed by atoms with Crippen molar-refractivity contribution in [1.29, 1.82) is 0 Å². The minimum Gasteiger partial charge on any atom is -0.390 e. The fraction of sp³-hybridized carbons (Fsp3) is 0.450. The van der Waals surface area contributed by atoms with Crippen LogP contribution in [-0.4, -0.2) is 39.2 Å². The molecule has 0 radical (unpaired) electrons. The number of hydrogen-bond donors (Lipinski definition) is 1. The largest absolute Gasteiger partial charge is 0.417 e. The van der Waals surface area contributed by atoms with Crippen LogP contribution in [0.25, 0.3) is 10.6 Å². The minimum absolute atomic E-state index is 0.113. The fourth-order valence-corrected chi connectivity index (χ4v) is 5.90. The SMILES string of the molecule is CC12C[C@H](O)[C@@](C)(O1)[C@@H]1C(=O)N(c3ccc(-c4nccs4)c(C(F)(F)F)c3)C(=O)[C@@H]12. The highest BCUT2D eigenvalue weighted by molar-refractivity contribution is 7.13. The van der Waals surface area contributed by atoms with Crippen molar-refractivity contribution in [3.8, 4) is 10.6 Å². The van der Waals surface area contributed by atoms with Crippen LogP contribution in [-0.2, 0) is 20.5 Å². The minimum atomic E-state index is -4.70. The predicted molar refractivity (Wildman–Crippen MR) is 101 cm³/mol. The summed E-state index contributed by atoms with van der Waals surface area (Å²) in [5.74, 6) is -3.03. The number of nitrogens with zero attached hydrogens (tertiary/aromatic N) is 2. The molecule has 10 heteroatoms. The number of halogens is 3. The Kier molecular flexibility index (Phi) is 3.86. The van der Waals surface area contributed by atoms with Gasteiger partial charge >= 0.3 is 6.18 Å². The molecule has 3 saturated heterocycles. The maximum atomic E-state index is 13.8. The van der Waals surface area contributed by atoms with Gasteiger partial charge in [-0.2, -0.15) is 13.2 Å². The number of alkyl halides is 3. The van der Waals surface area contributed by atoms with E-state index in [0.717, 1.165) is 22.3 Å². The van der Waals surface area contributed by atoms with Gasteiger partial charge in [0, 0.05) is 23.6 Å². The lowest BCUT2D eigenvalue weighted by Crippen LogP contribution is -2.49. The Bertz CT molecular complexity index is 1070. The first-order valence-electron chi connectivity index (χ1n) is 9.34. The van der Waals surface area contributed by atoms with E-state index >= 15 is 0 Å². The number of thiazole rings is 1. The second-order valence-electron chi connectivity index (χ2n) is 8.35. The quantitative estimate of drug-likeness (QED) is 0.729. The van der Waals surface area contributed by atoms with Gasteiger partial charge < -0.3 is 9.84 Å². The summed E-state index contributed by atoms with van der Waals surface area (Å²) < 4.78 is 47.2. The van der Waals surface area contributed by atoms with Crippen molar-refractivity contribution in [2.45, 2.75) is 43.8 Å². The van der Waals surface area contributed by atoms with E-state index in [-0.39, 0.29) is 22.7 Å². The van der Waals surface area contributed by atoms with E-state index in [1.165, 1.54) is 18.3 Å². The Balaban J connectivity index is 1.61. The second kappa shape index (κ2) is 5.89. The zero-order chi connectivity index (χ0) is 21.6. The molecule has 0 spiro atoms. The molecule has 1 aromatic heterocycles. The molecular weight excluding hydrogens is 421 g/mol. The van der Waals surface area contributed by atoms with Crippen LogP contribution in [0.2, 0.25) is 0 Å². The molecule has 6 nitrogen and oxygen atoms in total. The van der Waals surface area contributed by atoms with Crippen LogP contribution in [0, 0.1) is 11.8 Å². The van der Waals surface area contributed by atoms with Gasteiger partial charge in [0.2, 0.25) is 11.8 Å². The van der Waals surface area contributed by atoms with E-state index in [4.69, 9.17) is 4.74 Å². The van der Waals surface area contributed by atoms with Gasteiger partial charge in [-0.3, -0.25) is 9.59 Å². The summed E-state index contributed by atoms with van der Waals surface area (Å²) in [5, 5.41) is 12.1. The van der Waals surface area contributed by atoms with Crippen molar-refractivity contribution in [1.82, 2.24) is 4.98 Å². The number of carbonyl (C=O) groups is 2. The van der Waals surface area contributed by atoms with Crippen LogP contribution in [0.3, 0.4) is 0 Å². The zero-order valence-corrected chi connectivity index (χ0v) is 16.8. The van der Waals surface area contributed by atoms with E-state index in [1.807, 2.05) is 0 Å². The van der Waals surface area contributed by atoms with Crippen LogP contribution in [0.1, 0.15) is 25.8 Å². The number of hydrogen-bond acceptors (Lipinski definition) is 6. The van der Waals surface area contributed by atoms with Crippen LogP contribution >= 0.6 is 11.3 Å². The molecule has 5 atom stereocenters. The van der Waals surface area contributed by atoms with E-state index in [2.05, 4.69) is 4.98 Å². The summed E-state index contributed by atoms with van der Waals surface area (Å²) in [5.41, 5.74) is -3.50. The maximum Gasteiger partial charge on any atom is 0.417 e. The molecule has 4 heterocycles. The maximum absolute atomic E-state index is 13.8. The Morgan fingerprint density at radius 2 is 1.93 bits per heavy atom. The molecule has 1 aromatic carbocycles. The van der Waals surface area contributed by atoms with Crippen LogP contribution in [0.5, 0.6) is 0 Å². The number of imide groups is 1. The number of carbonyl (C=O) groups excluding carboxylic acids is 2. The molecule has 2 aromatic rings. The normalized spacial score (nSPS) is 35.4. The number of aliphatic hydroxyl groups is 1. The van der Waals surface area contributed by atoms with Gasteiger partial charge in [0.25, 0.3) is 0 Å². The summed E-state index contributed by atoms with van der Waals surface area (Å²) in [6, 6.07) is 3.37. The van der Waals surface area contributed by atoms with E-state index in [0.29, 0.717) is 0 Å². The number of rotatable bonds is 2. The Hall–Kier alpha value is -2.30. The predicted octanol–water partition coefficient (Wildman–Crippen LogP) is 3.25. The fourth-order valence-electron chi connectivity index (χ4n) is 5.22. The third-order valence-electron chi connectivity index (χ3n) is 6.52. The van der Waals surface area contributed by atoms with Crippen molar-refractivity contribution in [3.05, 3.63) is 35.3 Å². The average molecular weight is 438 g/mol. The van der Waals surface area contributed by atoms with Crippen molar-refractivity contribution < 1.29 is 32.6 Å². The average Bonchev–Trinajstić information content (AvgIpc) is 3.36. The van der Waals surface area contributed by atoms with Gasteiger partial charge in [0.15, 0.2) is 0 Å². The number of ether oxygens (including phenoxy) is 1. The zero-order valence-electron chi connectivity index (χ0n) is 15.9. The third-order valence-corrected chi connectivity index (χ3v) is 7.33. The van der Waals surface area contributed by atoms with E-state index < -0.39 is 52.7 Å². The Morgan fingerprint density at radius 1 is 1.23 bits per heavy atom. The van der Waals surface area contributed by atoms with Gasteiger partial charge in [-0.05, 0) is 32.0 Å². The number of aliphatic hydroxyl groups excluding tert-OH is 1. The molecule has 158 valence electrons. The van der Waals surface area contributed by atoms with Gasteiger partial charge in [-0.1, -0.05) is 0 Å². The Labute approximate surface area is 173 Å². The monoisotopic (exact) mass is 438 g/mol. The molecule has 2 amide bonds. The molecule has 3 aliphatic heterocycles. The molecule has 30 heavy (non-hydrogen) atoms. The summed E-state index contributed by atoms with van der Waals surface area (Å²) in [6.07, 6.45) is -4.03. The molecule has 0 saturated carbocycles. The summed E-state index contributed by atoms with van der Waals surface area (Å²) in [7, 11) is 0. The smallest absolute Gasteiger partial charge is 0.390 e. The topological polar surface area (TPSA) is 79.7 Å². The highest BCUT2D eigenvalue weighted by Gasteiger charge is 2.75. The summed E-state index contributed by atoms with van der Waals surface area (Å²) in [6.45, 7) is 3.24. The van der Waals surface area contributed by atoms with Crippen molar-refractivity contribution >= 4 is 28.8 Å². The molecule has 1 N–H and O–H groups in total. The van der Waals surface area contributed by atoms with Crippen LogP contribution in [0.15, 0.2) is 29.8 Å². The van der Waals surface area contributed by atoms with Gasteiger partial charge in [0.1, 0.15) is 10.6 Å². The molecule has 3 aliphatic rings. The lowest BCUT2D eigenvalue weighted by Gasteiger charge is -2.31. The van der Waals surface area contributed by atoms with Gasteiger partial charge in [-0.15, -0.1) is 11.3 Å². The molecule has 5 rings (SSSR count). The number of benzene rings is 1. The number of amides is 2. The van der Waals surface area contributed by atoms with Crippen LogP contribution in [0.4, 0.5) is 18.9 Å². The van der Waals surface area contributed by atoms with E-state index in [1.54, 1.807) is 19.2 Å². The number of aromatic nitrogens is 1. The molecule has 3 fully saturated rings. The molecule has 0 aliphatic carbocycles. The van der Waals surface area contributed by atoms with Crippen molar-refractivity contribution in [2.24, 2.45) is 11.8 Å². The van der Waals surface area contributed by atoms with Gasteiger partial charge in [0.05, 0.1) is 34.8 Å². The summed E-state index contributed by atoms with van der Waals surface area (Å²) >= 11 is 1.06. The molecule has 1 unspecified atom stereocenters. The Morgan fingerprint density at radius 3 is 2.57 bits per heavy atom.